The van der Waals surface area contributed by atoms with Gasteiger partial charge in [0, 0.05) is 12.2 Å². The fraction of sp³-hybridized carbons (Fsp3) is 0.550. The first-order chi connectivity index (χ1) is 13.9. The molecule has 0 saturated carbocycles. The fourth-order valence-corrected chi connectivity index (χ4v) is 3.59. The molecule has 0 radical (unpaired) electrons. The molecule has 156 valence electrons. The van der Waals surface area contributed by atoms with E-state index < -0.39 is 24.0 Å². The Morgan fingerprint density at radius 1 is 1.31 bits per heavy atom. The zero-order valence-electron chi connectivity index (χ0n) is 16.6. The molecule has 3 unspecified atom stereocenters. The summed E-state index contributed by atoms with van der Waals surface area (Å²) in [5, 5.41) is 12.2. The number of hydrogen-bond acceptors (Lipinski definition) is 6. The highest BCUT2D eigenvalue weighted by Crippen LogP contribution is 2.29. The quantitative estimate of drug-likeness (QED) is 0.690. The maximum atomic E-state index is 13.1. The molecule has 1 aromatic heterocycles. The molecule has 1 aromatic rings. The lowest BCUT2D eigenvalue weighted by atomic mass is 10.0. The summed E-state index contributed by atoms with van der Waals surface area (Å²) in [6, 6.07) is -0.320. The number of aromatic nitrogens is 2. The minimum atomic E-state index is -1.02. The van der Waals surface area contributed by atoms with E-state index in [1.165, 1.54) is 17.2 Å². The second-order valence-electron chi connectivity index (χ2n) is 7.73. The highest BCUT2D eigenvalue weighted by Gasteiger charge is 2.43. The van der Waals surface area contributed by atoms with Crippen LogP contribution in [0, 0.1) is 5.92 Å². The van der Waals surface area contributed by atoms with Crippen LogP contribution in [-0.2, 0) is 9.59 Å². The molecule has 0 spiro atoms. The number of aliphatic carboxylic acids is 1. The number of fused-ring (bicyclic) bond motifs is 1. The van der Waals surface area contributed by atoms with Gasteiger partial charge in [0.2, 0.25) is 5.91 Å². The molecule has 1 fully saturated rings. The Bertz CT molecular complexity index is 810. The van der Waals surface area contributed by atoms with Crippen LogP contribution in [0.2, 0.25) is 0 Å². The fourth-order valence-electron chi connectivity index (χ4n) is 3.59. The van der Waals surface area contributed by atoms with Crippen molar-refractivity contribution < 1.29 is 24.2 Å². The summed E-state index contributed by atoms with van der Waals surface area (Å²) in [5.74, 6) is -1.64. The van der Waals surface area contributed by atoms with Crippen LogP contribution in [0.15, 0.2) is 24.4 Å². The second-order valence-corrected chi connectivity index (χ2v) is 7.73. The predicted octanol–water partition coefficient (Wildman–Crippen LogP) is 1.40. The molecule has 9 heteroatoms. The third-order valence-corrected chi connectivity index (χ3v) is 5.00. The first-order valence-electron chi connectivity index (χ1n) is 9.83. The van der Waals surface area contributed by atoms with Gasteiger partial charge in [0.05, 0.1) is 6.61 Å². The third kappa shape index (κ3) is 4.90. The van der Waals surface area contributed by atoms with E-state index in [0.29, 0.717) is 32.3 Å². The summed E-state index contributed by atoms with van der Waals surface area (Å²) in [6.07, 6.45) is 7.19. The molecular formula is C20H26N4O5. The van der Waals surface area contributed by atoms with E-state index in [2.05, 4.69) is 15.3 Å². The van der Waals surface area contributed by atoms with E-state index in [1.54, 1.807) is 0 Å². The van der Waals surface area contributed by atoms with Crippen molar-refractivity contribution in [2.24, 2.45) is 5.92 Å². The first kappa shape index (κ1) is 20.8. The van der Waals surface area contributed by atoms with E-state index in [4.69, 9.17) is 4.74 Å². The summed E-state index contributed by atoms with van der Waals surface area (Å²) < 4.78 is 5.45. The van der Waals surface area contributed by atoms with Crippen molar-refractivity contribution in [3.05, 3.63) is 30.1 Å². The number of rotatable bonds is 6. The molecule has 3 heterocycles. The molecule has 0 aliphatic carbocycles. The normalized spacial score (nSPS) is 24.0. The lowest BCUT2D eigenvalue weighted by molar-refractivity contribution is -0.150. The van der Waals surface area contributed by atoms with Gasteiger partial charge in [-0.05, 0) is 37.7 Å². The first-order valence-corrected chi connectivity index (χ1v) is 9.83. The van der Waals surface area contributed by atoms with Crippen LogP contribution >= 0.6 is 0 Å². The molecule has 9 nitrogen and oxygen atoms in total. The van der Waals surface area contributed by atoms with E-state index in [1.807, 2.05) is 26.0 Å². The number of carbonyl (C=O) groups is 3. The van der Waals surface area contributed by atoms with Crippen molar-refractivity contribution in [2.45, 2.75) is 57.7 Å². The van der Waals surface area contributed by atoms with Crippen LogP contribution in [0.3, 0.4) is 0 Å². The van der Waals surface area contributed by atoms with Gasteiger partial charge in [-0.25, -0.2) is 9.78 Å². The van der Waals surface area contributed by atoms with Gasteiger partial charge in [0.15, 0.2) is 0 Å². The van der Waals surface area contributed by atoms with Crippen LogP contribution in [0.5, 0.6) is 6.01 Å². The van der Waals surface area contributed by atoms with E-state index >= 15 is 0 Å². The number of nitrogens with one attached hydrogen (secondary N) is 1. The Balaban J connectivity index is 1.74. The molecule has 2 aliphatic heterocycles. The topological polar surface area (TPSA) is 122 Å². The SMILES string of the molecule is CC(C)COc1nccc(C(=O)NC2CC=CCC3CCC(C(=O)O)N3C2=O)n1. The largest absolute Gasteiger partial charge is 0.480 e. The molecule has 2 aliphatic rings. The minimum absolute atomic E-state index is 0.0883. The smallest absolute Gasteiger partial charge is 0.326 e. The maximum Gasteiger partial charge on any atom is 0.326 e. The van der Waals surface area contributed by atoms with Gasteiger partial charge in [-0.15, -0.1) is 0 Å². The Kier molecular flexibility index (Phi) is 6.46. The van der Waals surface area contributed by atoms with Crippen LogP contribution in [0.25, 0.3) is 0 Å². The Hall–Kier alpha value is -2.97. The molecule has 29 heavy (non-hydrogen) atoms. The minimum Gasteiger partial charge on any atom is -0.480 e. The van der Waals surface area contributed by atoms with Crippen molar-refractivity contribution in [3.63, 3.8) is 0 Å². The Morgan fingerprint density at radius 3 is 2.79 bits per heavy atom. The van der Waals surface area contributed by atoms with Gasteiger partial charge in [0.25, 0.3) is 5.91 Å². The Morgan fingerprint density at radius 2 is 2.07 bits per heavy atom. The number of carbonyl (C=O) groups excluding carboxylic acids is 2. The molecule has 0 aromatic carbocycles. The average molecular weight is 402 g/mol. The van der Waals surface area contributed by atoms with Crippen molar-refractivity contribution in [3.8, 4) is 6.01 Å². The van der Waals surface area contributed by atoms with Crippen LogP contribution in [-0.4, -0.2) is 62.5 Å². The predicted molar refractivity (Wildman–Crippen MR) is 103 cm³/mol. The third-order valence-electron chi connectivity index (χ3n) is 5.00. The van der Waals surface area contributed by atoms with Crippen LogP contribution < -0.4 is 10.1 Å². The molecule has 1 saturated heterocycles. The molecule has 0 bridgehead atoms. The van der Waals surface area contributed by atoms with Crippen molar-refractivity contribution in [1.29, 1.82) is 0 Å². The number of carboxylic acids is 1. The number of hydrogen-bond donors (Lipinski definition) is 2. The van der Waals surface area contributed by atoms with Gasteiger partial charge < -0.3 is 20.1 Å². The van der Waals surface area contributed by atoms with Gasteiger partial charge in [-0.2, -0.15) is 4.98 Å². The summed E-state index contributed by atoms with van der Waals surface area (Å²) in [5.41, 5.74) is 0.0883. The molecular weight excluding hydrogens is 376 g/mol. The summed E-state index contributed by atoms with van der Waals surface area (Å²) in [7, 11) is 0. The van der Waals surface area contributed by atoms with Gasteiger partial charge in [0.1, 0.15) is 17.8 Å². The van der Waals surface area contributed by atoms with Crippen LogP contribution in [0.4, 0.5) is 0 Å². The van der Waals surface area contributed by atoms with Crippen molar-refractivity contribution in [1.82, 2.24) is 20.2 Å². The van der Waals surface area contributed by atoms with E-state index in [9.17, 15) is 19.5 Å². The summed E-state index contributed by atoms with van der Waals surface area (Å²) in [6.45, 7) is 4.39. The lowest BCUT2D eigenvalue weighted by Gasteiger charge is -2.32. The number of ether oxygens (including phenoxy) is 1. The number of carboxylic acid groups (broad SMARTS) is 1. The van der Waals surface area contributed by atoms with Crippen molar-refractivity contribution >= 4 is 17.8 Å². The monoisotopic (exact) mass is 402 g/mol. The molecule has 3 rings (SSSR count). The zero-order chi connectivity index (χ0) is 21.0. The second kappa shape index (κ2) is 9.02. The lowest BCUT2D eigenvalue weighted by Crippen LogP contribution is -2.54. The molecule has 2 amide bonds. The highest BCUT2D eigenvalue weighted by atomic mass is 16.5. The van der Waals surface area contributed by atoms with Gasteiger partial charge in [-0.1, -0.05) is 26.0 Å². The number of nitrogens with zero attached hydrogens (tertiary/aromatic N) is 3. The van der Waals surface area contributed by atoms with E-state index in [-0.39, 0.29) is 29.6 Å². The molecule has 3 atom stereocenters. The zero-order valence-corrected chi connectivity index (χ0v) is 16.6. The van der Waals surface area contributed by atoms with Crippen LogP contribution in [0.1, 0.15) is 50.0 Å². The summed E-state index contributed by atoms with van der Waals surface area (Å²) in [4.78, 5) is 46.8. The van der Waals surface area contributed by atoms with Gasteiger partial charge >= 0.3 is 12.0 Å². The maximum absolute atomic E-state index is 13.1. The standard InChI is InChI=1S/C20H26N4O5/c1-12(2)11-29-20-21-10-9-14(23-20)17(25)22-15-6-4-3-5-13-7-8-16(19(27)28)24(13)18(15)26/h3-4,9-10,12-13,15-16H,5-8,11H2,1-2H3,(H,22,25)(H,27,28). The summed E-state index contributed by atoms with van der Waals surface area (Å²) >= 11 is 0. The van der Waals surface area contributed by atoms with E-state index in [0.717, 1.165) is 0 Å². The van der Waals surface area contributed by atoms with Gasteiger partial charge in [-0.3, -0.25) is 9.59 Å². The highest BCUT2D eigenvalue weighted by molar-refractivity contribution is 5.97. The Labute approximate surface area is 169 Å². The number of amides is 2. The van der Waals surface area contributed by atoms with Crippen molar-refractivity contribution in [2.75, 3.05) is 6.61 Å². The molecule has 2 N–H and O–H groups in total. The average Bonchev–Trinajstić information content (AvgIpc) is 3.10.